The number of sulfonamides is 1. The van der Waals surface area contributed by atoms with Gasteiger partial charge in [-0.05, 0) is 37.6 Å². The molecule has 1 rings (SSSR count). The van der Waals surface area contributed by atoms with Crippen molar-refractivity contribution in [3.05, 3.63) is 42.0 Å². The Morgan fingerprint density at radius 3 is 2.53 bits per heavy atom. The fourth-order valence-corrected chi connectivity index (χ4v) is 2.33. The average Bonchev–Trinajstić information content (AvgIpc) is 2.34. The van der Waals surface area contributed by atoms with Crippen LogP contribution in [0, 0.1) is 6.92 Å². The molecule has 0 spiro atoms. The topological polar surface area (TPSA) is 80.5 Å². The normalized spacial score (nSPS) is 11.1. The lowest BCUT2D eigenvalue weighted by molar-refractivity contribution is 0.0781. The summed E-state index contributed by atoms with van der Waals surface area (Å²) in [4.78, 5) is 13.9. The highest BCUT2D eigenvalue weighted by atomic mass is 32.2. The van der Waals surface area contributed by atoms with Crippen LogP contribution in [0.1, 0.15) is 22.8 Å². The van der Waals surface area contributed by atoms with Crippen LogP contribution in [0.4, 0.5) is 0 Å². The van der Waals surface area contributed by atoms with E-state index in [1.807, 2.05) is 6.92 Å². The van der Waals surface area contributed by atoms with E-state index in [4.69, 9.17) is 5.14 Å². The number of aryl methyl sites for hydroxylation is 1. The molecule has 0 saturated carbocycles. The molecule has 0 aromatic heterocycles. The number of nitrogens with two attached hydrogens (primary N) is 1. The first-order valence-corrected chi connectivity index (χ1v) is 7.39. The molecule has 19 heavy (non-hydrogen) atoms. The molecule has 6 heteroatoms. The molecule has 0 aliphatic rings. The van der Waals surface area contributed by atoms with Gasteiger partial charge in [-0.3, -0.25) is 4.79 Å². The first-order valence-electron chi connectivity index (χ1n) is 5.84. The van der Waals surface area contributed by atoms with E-state index < -0.39 is 10.0 Å². The van der Waals surface area contributed by atoms with Crippen molar-refractivity contribution in [3.63, 3.8) is 0 Å². The Hall–Kier alpha value is -1.66. The van der Waals surface area contributed by atoms with E-state index in [0.29, 0.717) is 24.2 Å². The van der Waals surface area contributed by atoms with E-state index in [2.05, 4.69) is 6.58 Å². The molecule has 0 atom stereocenters. The van der Waals surface area contributed by atoms with Gasteiger partial charge in [-0.25, -0.2) is 13.6 Å². The van der Waals surface area contributed by atoms with Crippen molar-refractivity contribution in [2.24, 2.45) is 5.14 Å². The summed E-state index contributed by atoms with van der Waals surface area (Å²) in [6.07, 6.45) is 1.65. The summed E-state index contributed by atoms with van der Waals surface area (Å²) in [7, 11) is -3.74. The number of benzene rings is 1. The maximum atomic E-state index is 12.2. The number of hydrogen-bond donors (Lipinski definition) is 1. The molecule has 2 N–H and O–H groups in total. The molecule has 104 valence electrons. The van der Waals surface area contributed by atoms with Crippen LogP contribution >= 0.6 is 0 Å². The molecule has 0 bridgehead atoms. The van der Waals surface area contributed by atoms with Crippen LogP contribution in [-0.2, 0) is 10.0 Å². The SMILES string of the molecule is C=CCN(CC)C(=O)c1ccc(S(N)(=O)=O)cc1C. The molecule has 5 nitrogen and oxygen atoms in total. The molecule has 0 heterocycles. The number of amides is 1. The van der Waals surface area contributed by atoms with Crippen molar-refractivity contribution in [3.8, 4) is 0 Å². The molecular formula is C13H18N2O3S. The van der Waals surface area contributed by atoms with Gasteiger partial charge in [0.05, 0.1) is 4.90 Å². The maximum Gasteiger partial charge on any atom is 0.254 e. The Morgan fingerprint density at radius 2 is 2.11 bits per heavy atom. The Balaban J connectivity index is 3.16. The lowest BCUT2D eigenvalue weighted by Crippen LogP contribution is -2.31. The average molecular weight is 282 g/mol. The minimum Gasteiger partial charge on any atom is -0.335 e. The Labute approximate surface area is 113 Å². The fraction of sp³-hybridized carbons (Fsp3) is 0.308. The van der Waals surface area contributed by atoms with Gasteiger partial charge in [0, 0.05) is 18.7 Å². The summed E-state index contributed by atoms with van der Waals surface area (Å²) in [5.74, 6) is -0.152. The summed E-state index contributed by atoms with van der Waals surface area (Å²) >= 11 is 0. The summed E-state index contributed by atoms with van der Waals surface area (Å²) in [5.41, 5.74) is 1.05. The first-order chi connectivity index (χ1) is 8.81. The summed E-state index contributed by atoms with van der Waals surface area (Å²) in [5, 5.41) is 5.05. The standard InChI is InChI=1S/C13H18N2O3S/c1-4-8-15(5-2)13(16)12-7-6-11(9-10(12)3)19(14,17)18/h4,6-7,9H,1,5,8H2,2-3H3,(H2,14,17,18). The monoisotopic (exact) mass is 282 g/mol. The highest BCUT2D eigenvalue weighted by Crippen LogP contribution is 2.16. The van der Waals surface area contributed by atoms with Crippen molar-refractivity contribution in [1.82, 2.24) is 4.90 Å². The van der Waals surface area contributed by atoms with E-state index in [0.717, 1.165) is 0 Å². The third-order valence-electron chi connectivity index (χ3n) is 2.78. The van der Waals surface area contributed by atoms with Crippen LogP contribution in [0.5, 0.6) is 0 Å². The number of carbonyl (C=O) groups is 1. The van der Waals surface area contributed by atoms with E-state index >= 15 is 0 Å². The number of hydrogen-bond acceptors (Lipinski definition) is 3. The number of primary sulfonamides is 1. The first kappa shape index (κ1) is 15.4. The van der Waals surface area contributed by atoms with E-state index in [9.17, 15) is 13.2 Å². The summed E-state index contributed by atoms with van der Waals surface area (Å²) < 4.78 is 22.5. The number of carbonyl (C=O) groups excluding carboxylic acids is 1. The Bertz CT molecular complexity index is 594. The second kappa shape index (κ2) is 5.99. The molecule has 0 radical (unpaired) electrons. The van der Waals surface area contributed by atoms with Crippen molar-refractivity contribution in [2.45, 2.75) is 18.7 Å². The molecule has 0 aliphatic heterocycles. The molecule has 1 amide bonds. The van der Waals surface area contributed by atoms with Crippen LogP contribution in [0.25, 0.3) is 0 Å². The van der Waals surface area contributed by atoms with Gasteiger partial charge in [0.1, 0.15) is 0 Å². The molecule has 1 aromatic rings. The van der Waals surface area contributed by atoms with Crippen molar-refractivity contribution in [2.75, 3.05) is 13.1 Å². The van der Waals surface area contributed by atoms with Gasteiger partial charge >= 0.3 is 0 Å². The third kappa shape index (κ3) is 3.65. The lowest BCUT2D eigenvalue weighted by Gasteiger charge is -2.20. The molecule has 1 aromatic carbocycles. The maximum absolute atomic E-state index is 12.2. The Morgan fingerprint density at radius 1 is 1.47 bits per heavy atom. The van der Waals surface area contributed by atoms with Crippen molar-refractivity contribution in [1.29, 1.82) is 0 Å². The summed E-state index contributed by atoms with van der Waals surface area (Å²) in [6, 6.07) is 4.24. The molecular weight excluding hydrogens is 264 g/mol. The zero-order chi connectivity index (χ0) is 14.6. The predicted octanol–water partition coefficient (Wildman–Crippen LogP) is 1.29. The van der Waals surface area contributed by atoms with Gasteiger partial charge < -0.3 is 4.90 Å². The summed E-state index contributed by atoms with van der Waals surface area (Å²) in [6.45, 7) is 8.17. The van der Waals surface area contributed by atoms with Crippen molar-refractivity contribution < 1.29 is 13.2 Å². The number of nitrogens with zero attached hydrogens (tertiary/aromatic N) is 1. The van der Waals surface area contributed by atoms with Gasteiger partial charge in [0.15, 0.2) is 0 Å². The van der Waals surface area contributed by atoms with E-state index in [1.54, 1.807) is 17.9 Å². The second-order valence-corrected chi connectivity index (χ2v) is 5.72. The van der Waals surface area contributed by atoms with E-state index in [-0.39, 0.29) is 10.8 Å². The minimum atomic E-state index is -3.74. The quantitative estimate of drug-likeness (QED) is 0.826. The lowest BCUT2D eigenvalue weighted by atomic mass is 10.1. The van der Waals surface area contributed by atoms with Crippen LogP contribution in [0.2, 0.25) is 0 Å². The number of rotatable bonds is 5. The van der Waals surface area contributed by atoms with E-state index in [1.165, 1.54) is 18.2 Å². The molecule has 0 saturated heterocycles. The van der Waals surface area contributed by atoms with Gasteiger partial charge in [-0.2, -0.15) is 0 Å². The van der Waals surface area contributed by atoms with Gasteiger partial charge in [0.25, 0.3) is 5.91 Å². The fourth-order valence-electron chi connectivity index (χ4n) is 1.73. The third-order valence-corrected chi connectivity index (χ3v) is 3.69. The largest absolute Gasteiger partial charge is 0.335 e. The van der Waals surface area contributed by atoms with Crippen LogP contribution in [0.3, 0.4) is 0 Å². The van der Waals surface area contributed by atoms with Crippen molar-refractivity contribution >= 4 is 15.9 Å². The van der Waals surface area contributed by atoms with Crippen LogP contribution in [0.15, 0.2) is 35.7 Å². The zero-order valence-electron chi connectivity index (χ0n) is 11.1. The van der Waals surface area contributed by atoms with Crippen LogP contribution < -0.4 is 5.14 Å². The molecule has 0 aliphatic carbocycles. The number of likely N-dealkylation sites (N-methyl/N-ethyl adjacent to an activating group) is 1. The zero-order valence-corrected chi connectivity index (χ0v) is 11.9. The second-order valence-electron chi connectivity index (χ2n) is 4.15. The van der Waals surface area contributed by atoms with Gasteiger partial charge in [-0.1, -0.05) is 6.08 Å². The highest BCUT2D eigenvalue weighted by Gasteiger charge is 2.17. The smallest absolute Gasteiger partial charge is 0.254 e. The predicted molar refractivity (Wildman–Crippen MR) is 74.3 cm³/mol. The molecule has 0 unspecified atom stereocenters. The molecule has 0 fully saturated rings. The Kier molecular flexibility index (Phi) is 4.85. The van der Waals surface area contributed by atoms with Gasteiger partial charge in [0.2, 0.25) is 10.0 Å². The van der Waals surface area contributed by atoms with Crippen LogP contribution in [-0.4, -0.2) is 32.3 Å². The minimum absolute atomic E-state index is 0.00770. The highest BCUT2D eigenvalue weighted by molar-refractivity contribution is 7.89. The van der Waals surface area contributed by atoms with Gasteiger partial charge in [-0.15, -0.1) is 6.58 Å².